The fourth-order valence-electron chi connectivity index (χ4n) is 7.54. The lowest BCUT2D eigenvalue weighted by molar-refractivity contribution is -0.123. The first-order valence-electron chi connectivity index (χ1n) is 9.19. The Morgan fingerprint density at radius 1 is 1.05 bits per heavy atom. The molecule has 4 rings (SSSR count). The van der Waals surface area contributed by atoms with Gasteiger partial charge in [0.2, 0.25) is 0 Å². The normalized spacial score (nSPS) is 54.6. The zero-order valence-corrected chi connectivity index (χ0v) is 14.3. The van der Waals surface area contributed by atoms with Gasteiger partial charge in [-0.2, -0.15) is 0 Å². The van der Waals surface area contributed by atoms with E-state index in [9.17, 15) is 5.11 Å². The highest BCUT2D eigenvalue weighted by Crippen LogP contribution is 2.72. The summed E-state index contributed by atoms with van der Waals surface area (Å²) in [5.41, 5.74) is 0.960. The number of fused-ring (bicyclic) bond motifs is 3. The summed E-state index contributed by atoms with van der Waals surface area (Å²) in [7, 11) is 0. The van der Waals surface area contributed by atoms with E-state index in [4.69, 9.17) is 0 Å². The Hall–Kier alpha value is -0.460. The first-order chi connectivity index (χ1) is 9.80. The van der Waals surface area contributed by atoms with E-state index in [0.29, 0.717) is 16.7 Å². The Morgan fingerprint density at radius 2 is 1.81 bits per heavy atom. The third-order valence-corrected chi connectivity index (χ3v) is 8.46. The van der Waals surface area contributed by atoms with E-state index < -0.39 is 0 Å². The van der Waals surface area contributed by atoms with Crippen molar-refractivity contribution in [1.82, 2.24) is 0 Å². The van der Waals surface area contributed by atoms with Crippen LogP contribution in [0.2, 0.25) is 0 Å². The van der Waals surface area contributed by atoms with Crippen molar-refractivity contribution in [2.75, 3.05) is 0 Å². The molecule has 0 aromatic heterocycles. The molecule has 3 saturated carbocycles. The van der Waals surface area contributed by atoms with Crippen molar-refractivity contribution in [1.29, 1.82) is 0 Å². The van der Waals surface area contributed by atoms with Crippen LogP contribution < -0.4 is 0 Å². The average molecular weight is 288 g/mol. The summed E-state index contributed by atoms with van der Waals surface area (Å²) in [5.74, 6) is 4.02. The predicted octanol–water partition coefficient (Wildman–Crippen LogP) is 5.72. The van der Waals surface area contributed by atoms with Crippen molar-refractivity contribution in [3.05, 3.63) is 11.8 Å². The Labute approximate surface area is 130 Å². The molecule has 0 saturated heterocycles. The second kappa shape index (κ2) is 4.09. The lowest BCUT2D eigenvalue weighted by Gasteiger charge is -2.62. The minimum Gasteiger partial charge on any atom is -0.512 e. The van der Waals surface area contributed by atoms with Gasteiger partial charge in [0.05, 0.1) is 5.76 Å². The van der Waals surface area contributed by atoms with Gasteiger partial charge in [-0.05, 0) is 85.5 Å². The van der Waals surface area contributed by atoms with Crippen LogP contribution in [0, 0.1) is 39.9 Å². The lowest BCUT2D eigenvalue weighted by Crippen LogP contribution is -2.56. The summed E-state index contributed by atoms with van der Waals surface area (Å²) in [6.45, 7) is 9.76. The SMILES string of the molecule is C[C@@H]1C[C@]23CC[C@H]4C(C)(C)CC=C(O)[C@]4(C)[C@H]2CC[C@H]1C3. The van der Waals surface area contributed by atoms with Gasteiger partial charge in [-0.15, -0.1) is 0 Å². The first kappa shape index (κ1) is 14.2. The van der Waals surface area contributed by atoms with E-state index >= 15 is 0 Å². The van der Waals surface area contributed by atoms with Crippen molar-refractivity contribution in [3.8, 4) is 0 Å². The molecular formula is C20H32O. The molecule has 2 bridgehead atoms. The molecule has 1 heteroatoms. The molecule has 1 nitrogen and oxygen atoms in total. The number of hydrogen-bond acceptors (Lipinski definition) is 1. The lowest BCUT2D eigenvalue weighted by atomic mass is 9.42. The van der Waals surface area contributed by atoms with E-state index in [-0.39, 0.29) is 5.41 Å². The van der Waals surface area contributed by atoms with Crippen LogP contribution in [-0.4, -0.2) is 5.11 Å². The zero-order valence-electron chi connectivity index (χ0n) is 14.3. The van der Waals surface area contributed by atoms with Crippen molar-refractivity contribution >= 4 is 0 Å². The van der Waals surface area contributed by atoms with Crippen molar-refractivity contribution in [2.24, 2.45) is 39.9 Å². The second-order valence-corrected chi connectivity index (χ2v) is 9.79. The van der Waals surface area contributed by atoms with Gasteiger partial charge in [0.15, 0.2) is 0 Å². The minimum absolute atomic E-state index is 0.0506. The maximum Gasteiger partial charge on any atom is 0.0947 e. The van der Waals surface area contributed by atoms with Gasteiger partial charge in [-0.3, -0.25) is 0 Å². The van der Waals surface area contributed by atoms with E-state index in [1.165, 1.54) is 38.5 Å². The number of aliphatic hydroxyl groups is 1. The summed E-state index contributed by atoms with van der Waals surface area (Å²) in [6, 6.07) is 0. The van der Waals surface area contributed by atoms with Gasteiger partial charge in [0, 0.05) is 5.41 Å². The molecule has 0 radical (unpaired) electrons. The highest BCUT2D eigenvalue weighted by atomic mass is 16.3. The fraction of sp³-hybridized carbons (Fsp3) is 0.900. The third-order valence-electron chi connectivity index (χ3n) is 8.46. The Balaban J connectivity index is 1.80. The van der Waals surface area contributed by atoms with Crippen LogP contribution in [0.5, 0.6) is 0 Å². The maximum atomic E-state index is 10.9. The molecule has 0 unspecified atom stereocenters. The number of allylic oxidation sites excluding steroid dienone is 2. The summed E-state index contributed by atoms with van der Waals surface area (Å²) >= 11 is 0. The minimum atomic E-state index is 0.0506. The van der Waals surface area contributed by atoms with Gasteiger partial charge < -0.3 is 5.11 Å². The van der Waals surface area contributed by atoms with Gasteiger partial charge in [-0.25, -0.2) is 0 Å². The molecule has 3 fully saturated rings. The first-order valence-corrected chi connectivity index (χ1v) is 9.19. The average Bonchev–Trinajstić information content (AvgIpc) is 2.65. The number of aliphatic hydroxyl groups excluding tert-OH is 1. The molecule has 0 aliphatic heterocycles. The van der Waals surface area contributed by atoms with E-state index in [0.717, 1.165) is 29.9 Å². The van der Waals surface area contributed by atoms with Crippen LogP contribution in [0.4, 0.5) is 0 Å². The molecule has 118 valence electrons. The van der Waals surface area contributed by atoms with Crippen molar-refractivity contribution < 1.29 is 5.11 Å². The summed E-state index contributed by atoms with van der Waals surface area (Å²) < 4.78 is 0. The van der Waals surface area contributed by atoms with E-state index in [1.807, 2.05) is 0 Å². The van der Waals surface area contributed by atoms with Gasteiger partial charge >= 0.3 is 0 Å². The molecule has 4 aliphatic rings. The van der Waals surface area contributed by atoms with Crippen LogP contribution in [0.15, 0.2) is 11.8 Å². The van der Waals surface area contributed by atoms with E-state index in [1.54, 1.807) is 0 Å². The Morgan fingerprint density at radius 3 is 2.57 bits per heavy atom. The zero-order chi connectivity index (χ0) is 15.0. The molecule has 4 aliphatic carbocycles. The molecule has 6 atom stereocenters. The van der Waals surface area contributed by atoms with Gasteiger partial charge in [-0.1, -0.05) is 27.7 Å². The highest BCUT2D eigenvalue weighted by Gasteiger charge is 2.64. The molecule has 0 amide bonds. The van der Waals surface area contributed by atoms with Crippen LogP contribution in [0.1, 0.15) is 72.6 Å². The Kier molecular flexibility index (Phi) is 2.75. The standard InChI is InChI=1S/C20H32O/c1-13-11-20-10-7-15-18(2,3)9-8-17(21)19(15,4)16(20)6-5-14(13)12-20/h8,13-16,21H,5-7,9-12H2,1-4H3/t13-,14+,15+,16-,19+,20+/m1/s1. The summed E-state index contributed by atoms with van der Waals surface area (Å²) in [5, 5.41) is 10.9. The quantitative estimate of drug-likeness (QED) is 0.604. The van der Waals surface area contributed by atoms with E-state index in [2.05, 4.69) is 33.8 Å². The largest absolute Gasteiger partial charge is 0.512 e. The van der Waals surface area contributed by atoms with Crippen LogP contribution in [0.25, 0.3) is 0 Å². The molecule has 1 spiro atoms. The molecule has 0 aromatic rings. The summed E-state index contributed by atoms with van der Waals surface area (Å²) in [4.78, 5) is 0. The third kappa shape index (κ3) is 1.64. The molecule has 0 heterocycles. The summed E-state index contributed by atoms with van der Waals surface area (Å²) in [6.07, 6.45) is 11.6. The second-order valence-electron chi connectivity index (χ2n) is 9.79. The predicted molar refractivity (Wildman–Crippen MR) is 87.0 cm³/mol. The highest BCUT2D eigenvalue weighted by molar-refractivity contribution is 5.23. The van der Waals surface area contributed by atoms with Crippen LogP contribution in [0.3, 0.4) is 0 Å². The van der Waals surface area contributed by atoms with Crippen molar-refractivity contribution in [2.45, 2.75) is 72.6 Å². The van der Waals surface area contributed by atoms with Gasteiger partial charge in [0.1, 0.15) is 0 Å². The number of rotatable bonds is 0. The monoisotopic (exact) mass is 288 g/mol. The molecule has 0 aromatic carbocycles. The van der Waals surface area contributed by atoms with Crippen LogP contribution in [-0.2, 0) is 0 Å². The maximum absolute atomic E-state index is 10.9. The topological polar surface area (TPSA) is 20.2 Å². The fourth-order valence-corrected chi connectivity index (χ4v) is 7.54. The molecule has 1 N–H and O–H groups in total. The Bertz CT molecular complexity index is 486. The molecule has 21 heavy (non-hydrogen) atoms. The molecular weight excluding hydrogens is 256 g/mol. The van der Waals surface area contributed by atoms with Crippen LogP contribution >= 0.6 is 0 Å². The van der Waals surface area contributed by atoms with Crippen molar-refractivity contribution in [3.63, 3.8) is 0 Å². The number of hydrogen-bond donors (Lipinski definition) is 1. The van der Waals surface area contributed by atoms with Gasteiger partial charge in [0.25, 0.3) is 0 Å². The smallest absolute Gasteiger partial charge is 0.0947 e.